The van der Waals surface area contributed by atoms with Gasteiger partial charge in [-0.1, -0.05) is 78.9 Å². The van der Waals surface area contributed by atoms with Gasteiger partial charge in [0.05, 0.1) is 17.4 Å². The minimum absolute atomic E-state index is 0.234. The number of para-hydroxylation sites is 1. The van der Waals surface area contributed by atoms with E-state index in [0.717, 1.165) is 12.8 Å². The summed E-state index contributed by atoms with van der Waals surface area (Å²) in [5.74, 6) is 0. The summed E-state index contributed by atoms with van der Waals surface area (Å²) in [6, 6.07) is 32.4. The summed E-state index contributed by atoms with van der Waals surface area (Å²) >= 11 is 0. The van der Waals surface area contributed by atoms with E-state index in [2.05, 4.69) is 108 Å². The molecule has 2 nitrogen and oxygen atoms in total. The maximum absolute atomic E-state index is 3.77. The molecule has 3 aromatic rings. The Bertz CT molecular complexity index is 1000. The van der Waals surface area contributed by atoms with Crippen molar-refractivity contribution in [1.82, 2.24) is 5.43 Å². The maximum Gasteiger partial charge on any atom is 0.0987 e. The molecule has 0 spiro atoms. The first-order valence-electron chi connectivity index (χ1n) is 10.0. The lowest BCUT2D eigenvalue weighted by Gasteiger charge is -2.29. The fourth-order valence-corrected chi connectivity index (χ4v) is 4.37. The highest BCUT2D eigenvalue weighted by molar-refractivity contribution is 5.65. The number of hydrogen-bond acceptors (Lipinski definition) is 2. The Labute approximate surface area is 166 Å². The van der Waals surface area contributed by atoms with Gasteiger partial charge in [-0.05, 0) is 59.7 Å². The topological polar surface area (TPSA) is 15.3 Å². The van der Waals surface area contributed by atoms with Gasteiger partial charge in [0, 0.05) is 0 Å². The molecule has 0 saturated carbocycles. The zero-order valence-electron chi connectivity index (χ0n) is 15.9. The molecule has 0 bridgehead atoms. The number of allylic oxidation sites excluding steroid dienone is 1. The molecule has 5 rings (SSSR count). The molecule has 1 N–H and O–H groups in total. The van der Waals surface area contributed by atoms with Crippen LogP contribution in [-0.2, 0) is 0 Å². The van der Waals surface area contributed by atoms with Gasteiger partial charge in [-0.15, -0.1) is 0 Å². The molecule has 1 aliphatic heterocycles. The van der Waals surface area contributed by atoms with Crippen LogP contribution in [0.25, 0.3) is 6.08 Å². The van der Waals surface area contributed by atoms with E-state index in [0.29, 0.717) is 0 Å². The van der Waals surface area contributed by atoms with Crippen molar-refractivity contribution < 1.29 is 0 Å². The second kappa shape index (κ2) is 7.40. The van der Waals surface area contributed by atoms with E-state index < -0.39 is 0 Å². The number of hydrogen-bond donors (Lipinski definition) is 1. The molecule has 0 radical (unpaired) electrons. The first kappa shape index (κ1) is 16.9. The highest BCUT2D eigenvalue weighted by Crippen LogP contribution is 2.45. The van der Waals surface area contributed by atoms with Crippen LogP contribution in [0, 0.1) is 0 Å². The van der Waals surface area contributed by atoms with Crippen molar-refractivity contribution in [2.24, 2.45) is 0 Å². The third-order valence-corrected chi connectivity index (χ3v) is 5.65. The standard InChI is InChI=1S/C26H24N2/c1-4-11-20(12-5-1)19-22-15-10-18-24-25(22)27-28(23-16-8-3-9-17-23)26(24)21-13-6-2-7-14-21/h1-9,11-14,16-17,19,26-27H,10,15,18H2/b22-19+/t26-/m0/s1. The van der Waals surface area contributed by atoms with Crippen LogP contribution < -0.4 is 10.4 Å². The molecule has 0 unspecified atom stereocenters. The SMILES string of the molecule is C(=C1/CCCC2=C1NN(c1ccccc1)[C@H]2c1ccccc1)/c1ccccc1. The lowest BCUT2D eigenvalue weighted by molar-refractivity contribution is 0.679. The second-order valence-corrected chi connectivity index (χ2v) is 7.46. The fraction of sp³-hybridized carbons (Fsp3) is 0.154. The molecule has 0 aromatic heterocycles. The smallest absolute Gasteiger partial charge is 0.0987 e. The molecular formula is C26H24N2. The predicted octanol–water partition coefficient (Wildman–Crippen LogP) is 6.27. The van der Waals surface area contributed by atoms with Crippen molar-refractivity contribution >= 4 is 11.8 Å². The number of nitrogens with one attached hydrogen (secondary N) is 1. The normalized spacial score (nSPS) is 20.2. The van der Waals surface area contributed by atoms with Crippen LogP contribution in [0.3, 0.4) is 0 Å². The van der Waals surface area contributed by atoms with Gasteiger partial charge in [0.2, 0.25) is 0 Å². The average Bonchev–Trinajstić information content (AvgIpc) is 3.16. The van der Waals surface area contributed by atoms with Crippen LogP contribution in [0.2, 0.25) is 0 Å². The van der Waals surface area contributed by atoms with E-state index in [1.807, 2.05) is 0 Å². The maximum atomic E-state index is 3.77. The molecule has 1 atom stereocenters. The Balaban J connectivity index is 1.60. The van der Waals surface area contributed by atoms with Crippen molar-refractivity contribution in [2.45, 2.75) is 25.3 Å². The van der Waals surface area contributed by atoms with Crippen molar-refractivity contribution in [1.29, 1.82) is 0 Å². The summed E-state index contributed by atoms with van der Waals surface area (Å²) in [4.78, 5) is 0. The molecular weight excluding hydrogens is 340 g/mol. The second-order valence-electron chi connectivity index (χ2n) is 7.46. The Morgan fingerprint density at radius 2 is 1.39 bits per heavy atom. The van der Waals surface area contributed by atoms with Gasteiger partial charge in [0.1, 0.15) is 0 Å². The number of nitrogens with zero attached hydrogens (tertiary/aromatic N) is 1. The average molecular weight is 364 g/mol. The Morgan fingerprint density at radius 1 is 0.750 bits per heavy atom. The molecule has 0 amide bonds. The third kappa shape index (κ3) is 3.11. The molecule has 0 fully saturated rings. The summed E-state index contributed by atoms with van der Waals surface area (Å²) in [7, 11) is 0. The van der Waals surface area contributed by atoms with Gasteiger partial charge in [-0.3, -0.25) is 10.4 Å². The van der Waals surface area contributed by atoms with E-state index in [9.17, 15) is 0 Å². The zero-order chi connectivity index (χ0) is 18.8. The number of hydrazine groups is 1. The summed E-state index contributed by atoms with van der Waals surface area (Å²) in [5.41, 5.74) is 11.8. The summed E-state index contributed by atoms with van der Waals surface area (Å²) in [6.45, 7) is 0. The monoisotopic (exact) mass is 364 g/mol. The van der Waals surface area contributed by atoms with Crippen molar-refractivity contribution in [3.63, 3.8) is 0 Å². The van der Waals surface area contributed by atoms with Crippen molar-refractivity contribution in [3.8, 4) is 0 Å². The minimum Gasteiger partial charge on any atom is -0.297 e. The zero-order valence-corrected chi connectivity index (χ0v) is 15.9. The van der Waals surface area contributed by atoms with E-state index in [-0.39, 0.29) is 6.04 Å². The van der Waals surface area contributed by atoms with Crippen LogP contribution in [0.1, 0.15) is 36.4 Å². The molecule has 1 aliphatic carbocycles. The largest absolute Gasteiger partial charge is 0.297 e. The van der Waals surface area contributed by atoms with Crippen LogP contribution in [0.5, 0.6) is 0 Å². The highest BCUT2D eigenvalue weighted by Gasteiger charge is 2.36. The molecule has 138 valence electrons. The quantitative estimate of drug-likeness (QED) is 0.589. The first-order valence-corrected chi connectivity index (χ1v) is 10.0. The van der Waals surface area contributed by atoms with Crippen LogP contribution in [0.15, 0.2) is 108 Å². The summed E-state index contributed by atoms with van der Waals surface area (Å²) in [5, 5.41) is 2.34. The molecule has 2 heteroatoms. The highest BCUT2D eigenvalue weighted by atomic mass is 15.5. The number of benzene rings is 3. The first-order chi connectivity index (χ1) is 13.9. The van der Waals surface area contributed by atoms with E-state index in [4.69, 9.17) is 0 Å². The predicted molar refractivity (Wildman–Crippen MR) is 117 cm³/mol. The van der Waals surface area contributed by atoms with E-state index >= 15 is 0 Å². The summed E-state index contributed by atoms with van der Waals surface area (Å²) < 4.78 is 0. The molecule has 1 heterocycles. The van der Waals surface area contributed by atoms with Gasteiger partial charge in [-0.25, -0.2) is 0 Å². The van der Waals surface area contributed by atoms with Gasteiger partial charge in [0.25, 0.3) is 0 Å². The minimum atomic E-state index is 0.234. The Kier molecular flexibility index (Phi) is 4.46. The van der Waals surface area contributed by atoms with Gasteiger partial charge in [-0.2, -0.15) is 0 Å². The van der Waals surface area contributed by atoms with Gasteiger partial charge < -0.3 is 0 Å². The molecule has 2 aliphatic rings. The molecule has 28 heavy (non-hydrogen) atoms. The van der Waals surface area contributed by atoms with Gasteiger partial charge in [0.15, 0.2) is 0 Å². The Morgan fingerprint density at radius 3 is 2.11 bits per heavy atom. The molecule has 3 aromatic carbocycles. The number of anilines is 1. The van der Waals surface area contributed by atoms with E-state index in [1.54, 1.807) is 0 Å². The van der Waals surface area contributed by atoms with E-state index in [1.165, 1.54) is 40.1 Å². The van der Waals surface area contributed by atoms with Crippen molar-refractivity contribution in [2.75, 3.05) is 5.01 Å². The Hall–Kier alpha value is -3.26. The lowest BCUT2D eigenvalue weighted by atomic mass is 9.86. The lowest BCUT2D eigenvalue weighted by Crippen LogP contribution is -2.34. The summed E-state index contributed by atoms with van der Waals surface area (Å²) in [6.07, 6.45) is 5.80. The van der Waals surface area contributed by atoms with Crippen LogP contribution in [-0.4, -0.2) is 0 Å². The van der Waals surface area contributed by atoms with Crippen LogP contribution in [0.4, 0.5) is 5.69 Å². The number of rotatable bonds is 3. The van der Waals surface area contributed by atoms with Crippen molar-refractivity contribution in [3.05, 3.63) is 119 Å². The fourth-order valence-electron chi connectivity index (χ4n) is 4.37. The van der Waals surface area contributed by atoms with Crippen LogP contribution >= 0.6 is 0 Å². The third-order valence-electron chi connectivity index (χ3n) is 5.65. The molecule has 0 saturated heterocycles. The van der Waals surface area contributed by atoms with Gasteiger partial charge >= 0.3 is 0 Å².